The minimum atomic E-state index is -0.899. The zero-order chi connectivity index (χ0) is 29.1. The van der Waals surface area contributed by atoms with Crippen LogP contribution in [0.25, 0.3) is 0 Å². The van der Waals surface area contributed by atoms with Crippen LogP contribution in [-0.4, -0.2) is 38.6 Å². The van der Waals surface area contributed by atoms with Crippen LogP contribution in [0.15, 0.2) is 64.2 Å². The Kier molecular flexibility index (Phi) is 9.08. The molecule has 0 fully saturated rings. The van der Waals surface area contributed by atoms with Crippen LogP contribution in [0.2, 0.25) is 5.02 Å². The monoisotopic (exact) mass is 626 g/mol. The summed E-state index contributed by atoms with van der Waals surface area (Å²) in [5.41, 5.74) is 2.25. The van der Waals surface area contributed by atoms with Gasteiger partial charge in [0.15, 0.2) is 10.1 Å². The fourth-order valence-electron chi connectivity index (χ4n) is 4.38. The summed E-state index contributed by atoms with van der Waals surface area (Å²) < 4.78 is 6.45. The molecule has 0 saturated heterocycles. The van der Waals surface area contributed by atoms with Crippen LogP contribution in [0.4, 0.5) is 5.13 Å². The zero-order valence-electron chi connectivity index (χ0n) is 22.6. The highest BCUT2D eigenvalue weighted by Crippen LogP contribution is 2.44. The first-order valence-electron chi connectivity index (χ1n) is 13.0. The molecule has 0 aliphatic carbocycles. The van der Waals surface area contributed by atoms with Crippen molar-refractivity contribution in [2.24, 2.45) is 0 Å². The number of anilines is 1. The van der Waals surface area contributed by atoms with Crippen molar-refractivity contribution in [3.05, 3.63) is 91.6 Å². The maximum Gasteiger partial charge on any atom is 0.296 e. The molecule has 212 valence electrons. The summed E-state index contributed by atoms with van der Waals surface area (Å²) in [6.07, 6.45) is 1.95. The largest absolute Gasteiger partial charge is 0.503 e. The van der Waals surface area contributed by atoms with E-state index in [9.17, 15) is 14.7 Å². The summed E-state index contributed by atoms with van der Waals surface area (Å²) in [6, 6.07) is 13.9. The summed E-state index contributed by atoms with van der Waals surface area (Å²) in [5.74, 6) is -0.411. The van der Waals surface area contributed by atoms with Gasteiger partial charge in [0.2, 0.25) is 10.9 Å². The molecule has 1 N–H and O–H groups in total. The van der Waals surface area contributed by atoms with Gasteiger partial charge in [0.05, 0.1) is 33.8 Å². The third-order valence-electron chi connectivity index (χ3n) is 6.40. The van der Waals surface area contributed by atoms with Gasteiger partial charge in [-0.2, -0.15) is 0 Å². The molecule has 1 unspecified atom stereocenters. The lowest BCUT2D eigenvalue weighted by atomic mass is 9.95. The number of hydrogen-bond donors (Lipinski definition) is 1. The van der Waals surface area contributed by atoms with Crippen molar-refractivity contribution in [2.75, 3.05) is 11.5 Å². The van der Waals surface area contributed by atoms with Gasteiger partial charge in [0.25, 0.3) is 5.91 Å². The average Bonchev–Trinajstić information content (AvgIpc) is 3.64. The molecule has 0 bridgehead atoms. The Morgan fingerprint density at radius 3 is 2.49 bits per heavy atom. The van der Waals surface area contributed by atoms with E-state index in [0.29, 0.717) is 43.6 Å². The SMILES string of the molecule is CCCCOc1ccc(C2C(C(=O)c3sc(C)nc3C)=C(O)C(=O)N2c2nnc(SCc3ccc(Cl)cc3)s2)cc1. The van der Waals surface area contributed by atoms with Gasteiger partial charge >= 0.3 is 0 Å². The maximum absolute atomic E-state index is 13.8. The van der Waals surface area contributed by atoms with E-state index in [4.69, 9.17) is 16.3 Å². The second-order valence-electron chi connectivity index (χ2n) is 9.35. The number of carbonyl (C=O) groups is 2. The third-order valence-corrected chi connectivity index (χ3v) is 9.85. The number of thioether (sulfide) groups is 1. The van der Waals surface area contributed by atoms with E-state index >= 15 is 0 Å². The van der Waals surface area contributed by atoms with Gasteiger partial charge in [-0.25, -0.2) is 4.98 Å². The molecule has 8 nitrogen and oxygen atoms in total. The smallest absolute Gasteiger partial charge is 0.296 e. The third kappa shape index (κ3) is 6.33. The maximum atomic E-state index is 13.8. The Balaban J connectivity index is 1.47. The quantitative estimate of drug-likeness (QED) is 0.0789. The van der Waals surface area contributed by atoms with E-state index in [1.54, 1.807) is 31.2 Å². The highest BCUT2D eigenvalue weighted by Gasteiger charge is 2.46. The molecule has 0 spiro atoms. The first-order chi connectivity index (χ1) is 19.8. The number of aromatic nitrogens is 3. The number of aliphatic hydroxyl groups is 1. The molecule has 1 aliphatic heterocycles. The second-order valence-corrected chi connectivity index (χ2v) is 13.2. The fourth-order valence-corrected chi connectivity index (χ4v) is 7.20. The number of hydrogen-bond acceptors (Lipinski definition) is 10. The van der Waals surface area contributed by atoms with Gasteiger partial charge in [-0.05, 0) is 55.7 Å². The number of benzene rings is 2. The molecule has 1 aliphatic rings. The fraction of sp³-hybridized carbons (Fsp3) is 0.276. The minimum absolute atomic E-state index is 0.00744. The van der Waals surface area contributed by atoms with Crippen LogP contribution in [-0.2, 0) is 10.5 Å². The molecule has 5 rings (SSSR count). The summed E-state index contributed by atoms with van der Waals surface area (Å²) in [7, 11) is 0. The van der Waals surface area contributed by atoms with Crippen molar-refractivity contribution in [1.82, 2.24) is 15.2 Å². The van der Waals surface area contributed by atoms with Gasteiger partial charge in [-0.3, -0.25) is 14.5 Å². The van der Waals surface area contributed by atoms with Crippen LogP contribution in [0, 0.1) is 13.8 Å². The van der Waals surface area contributed by atoms with Crippen LogP contribution in [0.5, 0.6) is 5.75 Å². The highest BCUT2D eigenvalue weighted by molar-refractivity contribution is 8.00. The van der Waals surface area contributed by atoms with Crippen molar-refractivity contribution in [3.63, 3.8) is 0 Å². The summed E-state index contributed by atoms with van der Waals surface area (Å²) >= 11 is 9.93. The van der Waals surface area contributed by atoms with Crippen molar-refractivity contribution in [2.45, 2.75) is 49.7 Å². The molecule has 1 amide bonds. The number of ether oxygens (including phenoxy) is 1. The first-order valence-corrected chi connectivity index (χ1v) is 16.0. The molecular formula is C29H27ClN4O4S3. The Bertz CT molecular complexity index is 1600. The molecular weight excluding hydrogens is 600 g/mol. The number of Topliss-reactive ketones (excluding diaryl/α,β-unsaturated/α-hetero) is 1. The van der Waals surface area contributed by atoms with E-state index in [2.05, 4.69) is 22.1 Å². The predicted octanol–water partition coefficient (Wildman–Crippen LogP) is 7.52. The minimum Gasteiger partial charge on any atom is -0.503 e. The molecule has 2 aromatic carbocycles. The number of halogens is 1. The highest BCUT2D eigenvalue weighted by atomic mass is 35.5. The lowest BCUT2D eigenvalue weighted by Crippen LogP contribution is -2.31. The Labute approximate surface area is 255 Å². The van der Waals surface area contributed by atoms with Gasteiger partial charge < -0.3 is 9.84 Å². The Morgan fingerprint density at radius 1 is 1.10 bits per heavy atom. The number of aliphatic hydroxyl groups excluding tert-OH is 1. The topological polar surface area (TPSA) is 106 Å². The summed E-state index contributed by atoms with van der Waals surface area (Å²) in [5, 5.41) is 21.3. The number of amides is 1. The van der Waals surface area contributed by atoms with E-state index < -0.39 is 23.5 Å². The number of rotatable bonds is 11. The van der Waals surface area contributed by atoms with E-state index in [0.717, 1.165) is 23.4 Å². The van der Waals surface area contributed by atoms with Crippen molar-refractivity contribution < 1.29 is 19.4 Å². The number of aryl methyl sites for hydroxylation is 2. The number of ketones is 1. The molecule has 0 radical (unpaired) electrons. The molecule has 12 heteroatoms. The molecule has 3 heterocycles. The van der Waals surface area contributed by atoms with Crippen molar-refractivity contribution in [3.8, 4) is 5.75 Å². The van der Waals surface area contributed by atoms with Crippen LogP contribution in [0.3, 0.4) is 0 Å². The van der Waals surface area contributed by atoms with Crippen LogP contribution in [0.1, 0.15) is 57.3 Å². The summed E-state index contributed by atoms with van der Waals surface area (Å²) in [6.45, 7) is 6.25. The molecule has 2 aromatic heterocycles. The second kappa shape index (κ2) is 12.7. The predicted molar refractivity (Wildman–Crippen MR) is 164 cm³/mol. The number of thiazole rings is 1. The van der Waals surface area contributed by atoms with E-state index in [-0.39, 0.29) is 10.7 Å². The normalized spacial score (nSPS) is 15.2. The van der Waals surface area contributed by atoms with Gasteiger partial charge in [0, 0.05) is 10.8 Å². The van der Waals surface area contributed by atoms with Crippen LogP contribution >= 0.6 is 46.0 Å². The van der Waals surface area contributed by atoms with Crippen molar-refractivity contribution in [1.29, 1.82) is 0 Å². The molecule has 41 heavy (non-hydrogen) atoms. The lowest BCUT2D eigenvalue weighted by molar-refractivity contribution is -0.117. The van der Waals surface area contributed by atoms with E-state index in [1.807, 2.05) is 31.2 Å². The lowest BCUT2D eigenvalue weighted by Gasteiger charge is -2.24. The number of nitrogens with zero attached hydrogens (tertiary/aromatic N) is 4. The molecule has 4 aromatic rings. The average molecular weight is 627 g/mol. The van der Waals surface area contributed by atoms with Gasteiger partial charge in [-0.15, -0.1) is 21.5 Å². The standard InChI is InChI=1S/C29H27ClN4O4S3/c1-4-5-14-38-21-12-8-19(9-13-21)23-22(24(35)26-16(2)31-17(3)40-26)25(36)27(37)34(23)28-32-33-29(41-28)39-15-18-6-10-20(30)11-7-18/h6-13,23,36H,4-5,14-15H2,1-3H3. The Hall–Kier alpha value is -3.25. The summed E-state index contributed by atoms with van der Waals surface area (Å²) in [4.78, 5) is 33.5. The van der Waals surface area contributed by atoms with E-state index in [1.165, 1.54) is 39.3 Å². The number of carbonyl (C=O) groups excluding carboxylic acids is 2. The van der Waals surface area contributed by atoms with Gasteiger partial charge in [0.1, 0.15) is 5.75 Å². The van der Waals surface area contributed by atoms with Crippen molar-refractivity contribution >= 4 is 62.9 Å². The van der Waals surface area contributed by atoms with Crippen LogP contribution < -0.4 is 9.64 Å². The first kappa shape index (κ1) is 29.2. The molecule has 0 saturated carbocycles. The number of unbranched alkanes of at least 4 members (excludes halogenated alkanes) is 1. The Morgan fingerprint density at radius 2 is 1.83 bits per heavy atom. The molecule has 1 atom stereocenters. The van der Waals surface area contributed by atoms with Gasteiger partial charge in [-0.1, -0.05) is 72.3 Å². The zero-order valence-corrected chi connectivity index (χ0v) is 25.8.